The van der Waals surface area contributed by atoms with Gasteiger partial charge in [-0.3, -0.25) is 9.59 Å². The normalized spacial score (nSPS) is 16.1. The third kappa shape index (κ3) is 3.63. The molecule has 2 aromatic rings. The number of fused-ring (bicyclic) bond motifs is 1. The molecule has 1 aromatic heterocycles. The molecule has 0 radical (unpaired) electrons. The van der Waals surface area contributed by atoms with Crippen molar-refractivity contribution in [1.29, 1.82) is 0 Å². The molecule has 3 rings (SSSR count). The van der Waals surface area contributed by atoms with Crippen LogP contribution in [0, 0.1) is 0 Å². The predicted molar refractivity (Wildman–Crippen MR) is 97.4 cm³/mol. The zero-order valence-corrected chi connectivity index (χ0v) is 14.7. The Morgan fingerprint density at radius 3 is 2.48 bits per heavy atom. The second-order valence-corrected chi connectivity index (χ2v) is 6.42. The molecule has 0 spiro atoms. The topological polar surface area (TPSA) is 65.5 Å². The molecule has 0 fully saturated rings. The molecule has 2 amide bonds. The number of hydrogen-bond acceptors (Lipinski definition) is 4. The number of carbonyl (C=O) groups is 2. The van der Waals surface area contributed by atoms with Crippen LogP contribution < -0.4 is 10.2 Å². The Bertz CT molecular complexity index is 786. The summed E-state index contributed by atoms with van der Waals surface area (Å²) in [4.78, 5) is 32.6. The lowest BCUT2D eigenvalue weighted by molar-refractivity contribution is -0.138. The highest BCUT2D eigenvalue weighted by molar-refractivity contribution is 5.96. The minimum absolute atomic E-state index is 0.106. The van der Waals surface area contributed by atoms with Gasteiger partial charge in [-0.2, -0.15) is 0 Å². The molecule has 1 aliphatic rings. The number of carbonyl (C=O) groups excluding carboxylic acids is 2. The van der Waals surface area contributed by atoms with E-state index >= 15 is 0 Å². The van der Waals surface area contributed by atoms with Crippen LogP contribution in [0.1, 0.15) is 18.1 Å². The van der Waals surface area contributed by atoms with E-state index in [1.54, 1.807) is 17.2 Å². The molecule has 1 aromatic carbocycles. The van der Waals surface area contributed by atoms with Crippen LogP contribution in [-0.4, -0.2) is 41.8 Å². The van der Waals surface area contributed by atoms with Crippen molar-refractivity contribution in [3.63, 3.8) is 0 Å². The van der Waals surface area contributed by atoms with Crippen molar-refractivity contribution >= 4 is 23.3 Å². The summed E-state index contributed by atoms with van der Waals surface area (Å²) in [5.41, 5.74) is 3.15. The minimum Gasteiger partial charge on any atom is -0.376 e. The van der Waals surface area contributed by atoms with Gasteiger partial charge in [0.05, 0.1) is 11.9 Å². The fraction of sp³-hybridized carbons (Fsp3) is 0.316. The third-order valence-corrected chi connectivity index (χ3v) is 4.47. The lowest BCUT2D eigenvalue weighted by atomic mass is 9.93. The minimum atomic E-state index is -0.525. The van der Waals surface area contributed by atoms with E-state index in [2.05, 4.69) is 10.3 Å². The molecular weight excluding hydrogens is 316 g/mol. The van der Waals surface area contributed by atoms with Gasteiger partial charge in [0.1, 0.15) is 11.9 Å². The maximum absolute atomic E-state index is 12.8. The van der Waals surface area contributed by atoms with Crippen LogP contribution in [0.5, 0.6) is 0 Å². The Hall–Kier alpha value is -2.89. The number of pyridine rings is 1. The summed E-state index contributed by atoms with van der Waals surface area (Å²) in [6, 6.07) is 11.1. The summed E-state index contributed by atoms with van der Waals surface area (Å²) < 4.78 is 0. The van der Waals surface area contributed by atoms with Crippen LogP contribution in [0.15, 0.2) is 42.6 Å². The second kappa shape index (κ2) is 6.93. The molecule has 25 heavy (non-hydrogen) atoms. The monoisotopic (exact) mass is 338 g/mol. The van der Waals surface area contributed by atoms with E-state index in [-0.39, 0.29) is 11.8 Å². The van der Waals surface area contributed by atoms with Crippen LogP contribution in [0.3, 0.4) is 0 Å². The van der Waals surface area contributed by atoms with Gasteiger partial charge in [-0.25, -0.2) is 4.98 Å². The van der Waals surface area contributed by atoms with E-state index in [0.717, 1.165) is 16.8 Å². The number of nitrogens with one attached hydrogen (secondary N) is 1. The highest BCUT2D eigenvalue weighted by Crippen LogP contribution is 2.24. The smallest absolute Gasteiger partial charge is 0.248 e. The molecule has 1 N–H and O–H groups in total. The molecule has 0 aliphatic carbocycles. The van der Waals surface area contributed by atoms with E-state index in [1.165, 1.54) is 6.92 Å². The molecule has 1 atom stereocenters. The van der Waals surface area contributed by atoms with E-state index in [4.69, 9.17) is 0 Å². The average Bonchev–Trinajstić information content (AvgIpc) is 2.61. The van der Waals surface area contributed by atoms with E-state index in [0.29, 0.717) is 18.8 Å². The SMILES string of the molecule is CC(=O)N1Cc2ccccc2C[C@H]1C(=O)Nc1ccc(N(C)C)cn1. The summed E-state index contributed by atoms with van der Waals surface area (Å²) in [5.74, 6) is 0.165. The molecule has 0 bridgehead atoms. The van der Waals surface area contributed by atoms with Gasteiger partial charge in [0, 0.05) is 34.0 Å². The zero-order valence-electron chi connectivity index (χ0n) is 14.7. The highest BCUT2D eigenvalue weighted by atomic mass is 16.2. The van der Waals surface area contributed by atoms with E-state index in [9.17, 15) is 9.59 Å². The lowest BCUT2D eigenvalue weighted by Crippen LogP contribution is -2.50. The zero-order chi connectivity index (χ0) is 18.0. The molecule has 1 aliphatic heterocycles. The average molecular weight is 338 g/mol. The first kappa shape index (κ1) is 17.0. The van der Waals surface area contributed by atoms with Gasteiger partial charge in [0.2, 0.25) is 11.8 Å². The van der Waals surface area contributed by atoms with Crippen LogP contribution in [0.2, 0.25) is 0 Å². The largest absolute Gasteiger partial charge is 0.376 e. The quantitative estimate of drug-likeness (QED) is 0.930. The maximum atomic E-state index is 12.8. The van der Waals surface area contributed by atoms with Crippen molar-refractivity contribution in [2.45, 2.75) is 25.9 Å². The number of benzene rings is 1. The number of nitrogens with zero attached hydrogens (tertiary/aromatic N) is 3. The molecule has 130 valence electrons. The third-order valence-electron chi connectivity index (χ3n) is 4.47. The number of aromatic nitrogens is 1. The Labute approximate surface area is 147 Å². The van der Waals surface area contributed by atoms with Gasteiger partial charge in [-0.15, -0.1) is 0 Å². The fourth-order valence-electron chi connectivity index (χ4n) is 3.02. The molecule has 0 saturated heterocycles. The predicted octanol–water partition coefficient (Wildman–Crippen LogP) is 2.06. The van der Waals surface area contributed by atoms with Gasteiger partial charge < -0.3 is 15.1 Å². The summed E-state index contributed by atoms with van der Waals surface area (Å²) in [6.45, 7) is 1.95. The standard InChI is InChI=1S/C19H22N4O2/c1-13(24)23-12-15-7-5-4-6-14(15)10-17(23)19(25)21-18-9-8-16(11-20-18)22(2)3/h4-9,11,17H,10,12H2,1-3H3,(H,20,21,25)/t17-/m0/s1. The van der Waals surface area contributed by atoms with Gasteiger partial charge in [0.25, 0.3) is 0 Å². The number of rotatable bonds is 3. The Morgan fingerprint density at radius 1 is 1.16 bits per heavy atom. The van der Waals surface area contributed by atoms with Crippen molar-refractivity contribution in [2.24, 2.45) is 0 Å². The summed E-state index contributed by atoms with van der Waals surface area (Å²) in [7, 11) is 3.86. The van der Waals surface area contributed by atoms with E-state index < -0.39 is 6.04 Å². The lowest BCUT2D eigenvalue weighted by Gasteiger charge is -2.35. The van der Waals surface area contributed by atoms with Crippen molar-refractivity contribution in [2.75, 3.05) is 24.3 Å². The Balaban J connectivity index is 1.78. The first-order valence-corrected chi connectivity index (χ1v) is 8.24. The highest BCUT2D eigenvalue weighted by Gasteiger charge is 2.33. The Kier molecular flexibility index (Phi) is 4.70. The van der Waals surface area contributed by atoms with Crippen molar-refractivity contribution < 1.29 is 9.59 Å². The maximum Gasteiger partial charge on any atom is 0.248 e. The van der Waals surface area contributed by atoms with E-state index in [1.807, 2.05) is 49.3 Å². The van der Waals surface area contributed by atoms with Crippen molar-refractivity contribution in [3.8, 4) is 0 Å². The van der Waals surface area contributed by atoms with Gasteiger partial charge in [0.15, 0.2) is 0 Å². The molecular formula is C19H22N4O2. The van der Waals surface area contributed by atoms with Crippen LogP contribution in [0.25, 0.3) is 0 Å². The molecule has 0 unspecified atom stereocenters. The van der Waals surface area contributed by atoms with Crippen LogP contribution >= 0.6 is 0 Å². The second-order valence-electron chi connectivity index (χ2n) is 6.42. The van der Waals surface area contributed by atoms with Crippen LogP contribution in [-0.2, 0) is 22.6 Å². The number of amides is 2. The molecule has 6 heteroatoms. The fourth-order valence-corrected chi connectivity index (χ4v) is 3.02. The Morgan fingerprint density at radius 2 is 1.88 bits per heavy atom. The van der Waals surface area contributed by atoms with Gasteiger partial charge in [-0.1, -0.05) is 24.3 Å². The molecule has 0 saturated carbocycles. The van der Waals surface area contributed by atoms with Crippen molar-refractivity contribution in [1.82, 2.24) is 9.88 Å². The van der Waals surface area contributed by atoms with Crippen LogP contribution in [0.4, 0.5) is 11.5 Å². The molecule has 2 heterocycles. The summed E-state index contributed by atoms with van der Waals surface area (Å²) >= 11 is 0. The van der Waals surface area contributed by atoms with Gasteiger partial charge in [-0.05, 0) is 23.3 Å². The first-order chi connectivity index (χ1) is 12.0. The number of anilines is 2. The number of hydrogen-bond donors (Lipinski definition) is 1. The van der Waals surface area contributed by atoms with Crippen molar-refractivity contribution in [3.05, 3.63) is 53.7 Å². The first-order valence-electron chi connectivity index (χ1n) is 8.24. The molecule has 6 nitrogen and oxygen atoms in total. The van der Waals surface area contributed by atoms with Gasteiger partial charge >= 0.3 is 0 Å². The summed E-state index contributed by atoms with van der Waals surface area (Å²) in [6.07, 6.45) is 2.21. The summed E-state index contributed by atoms with van der Waals surface area (Å²) in [5, 5.41) is 2.83.